The Hall–Kier alpha value is -5.39. The molecule has 0 saturated heterocycles. The minimum Gasteiger partial charge on any atom is -0.490 e. The number of carbonyl (C=O) groups excluding carboxylic acids is 2. The molecular formula is C39H35ClN2O8S. The number of halogens is 1. The Morgan fingerprint density at radius 2 is 1.71 bits per heavy atom. The van der Waals surface area contributed by atoms with Gasteiger partial charge < -0.3 is 23.7 Å². The van der Waals surface area contributed by atoms with E-state index in [1.807, 2.05) is 31.2 Å². The van der Waals surface area contributed by atoms with Gasteiger partial charge in [-0.05, 0) is 79.1 Å². The number of ether oxygens (including phenoxy) is 5. The molecule has 262 valence electrons. The fourth-order valence-electron chi connectivity index (χ4n) is 5.86. The molecule has 1 atom stereocenters. The van der Waals surface area contributed by atoms with Crippen LogP contribution in [0.3, 0.4) is 0 Å². The third-order valence-corrected chi connectivity index (χ3v) is 9.41. The maximum atomic E-state index is 14.4. The summed E-state index contributed by atoms with van der Waals surface area (Å²) in [6, 6.07) is 23.6. The lowest BCUT2D eigenvalue weighted by Gasteiger charge is -2.25. The summed E-state index contributed by atoms with van der Waals surface area (Å²) in [4.78, 5) is 44.7. The second-order valence-corrected chi connectivity index (χ2v) is 12.9. The van der Waals surface area contributed by atoms with E-state index in [2.05, 4.69) is 23.2 Å². The van der Waals surface area contributed by atoms with Crippen LogP contribution in [0.1, 0.15) is 43.5 Å². The van der Waals surface area contributed by atoms with Crippen LogP contribution in [0.2, 0.25) is 5.02 Å². The topological polar surface area (TPSA) is 115 Å². The molecule has 1 aliphatic rings. The normalized spacial score (nSPS) is 14.1. The van der Waals surface area contributed by atoms with Gasteiger partial charge in [-0.25, -0.2) is 14.6 Å². The minimum atomic E-state index is -0.905. The number of allylic oxidation sites excluding steroid dienone is 1. The number of methoxy groups -OCH3 is 1. The van der Waals surface area contributed by atoms with Crippen molar-refractivity contribution in [1.29, 1.82) is 0 Å². The van der Waals surface area contributed by atoms with Crippen LogP contribution in [-0.2, 0) is 25.7 Å². The van der Waals surface area contributed by atoms with E-state index in [-0.39, 0.29) is 24.3 Å². The molecular weight excluding hydrogens is 692 g/mol. The largest absolute Gasteiger partial charge is 0.490 e. The Morgan fingerprint density at radius 1 is 0.922 bits per heavy atom. The maximum absolute atomic E-state index is 14.4. The van der Waals surface area contributed by atoms with Crippen molar-refractivity contribution in [2.75, 3.05) is 26.9 Å². The number of benzene rings is 4. The molecule has 0 saturated carbocycles. The molecule has 0 aliphatic carbocycles. The number of hydrogen-bond acceptors (Lipinski definition) is 10. The third kappa shape index (κ3) is 7.54. The van der Waals surface area contributed by atoms with E-state index >= 15 is 0 Å². The molecule has 12 heteroatoms. The van der Waals surface area contributed by atoms with E-state index in [9.17, 15) is 14.4 Å². The summed E-state index contributed by atoms with van der Waals surface area (Å²) < 4.78 is 29.8. The highest BCUT2D eigenvalue weighted by Gasteiger charge is 2.34. The Kier molecular flexibility index (Phi) is 10.9. The van der Waals surface area contributed by atoms with Gasteiger partial charge in [0, 0.05) is 10.6 Å². The van der Waals surface area contributed by atoms with Gasteiger partial charge in [-0.3, -0.25) is 9.36 Å². The van der Waals surface area contributed by atoms with Crippen molar-refractivity contribution in [3.63, 3.8) is 0 Å². The number of nitrogens with zero attached hydrogens (tertiary/aromatic N) is 2. The molecule has 6 rings (SSSR count). The standard InChI is InChI=1S/C39H35ClN2O8S/c1-5-47-32-19-25(14-16-31(32)50-22-34(43)46-4)36-35(38(45)48-6-2)23(3)41-39-42(36)37(44)33(51-39)20-27-18-28(40)15-17-30(27)49-21-26-12-9-11-24-10-7-8-13-29(24)26/h7-20,36H,5-6,21-22H2,1-4H3/b33-20+/t36-/m1/s1. The second kappa shape index (κ2) is 15.7. The highest BCUT2D eigenvalue weighted by atomic mass is 35.5. The first-order valence-corrected chi connectivity index (χ1v) is 17.5. The van der Waals surface area contributed by atoms with E-state index in [0.717, 1.165) is 16.3 Å². The number of carbonyl (C=O) groups is 2. The van der Waals surface area contributed by atoms with Gasteiger partial charge in [0.25, 0.3) is 5.56 Å². The van der Waals surface area contributed by atoms with Crippen LogP contribution in [0.5, 0.6) is 17.2 Å². The summed E-state index contributed by atoms with van der Waals surface area (Å²) in [6.07, 6.45) is 1.73. The van der Waals surface area contributed by atoms with E-state index in [1.165, 1.54) is 23.0 Å². The lowest BCUT2D eigenvalue weighted by molar-refractivity contribution is -0.143. The Balaban J connectivity index is 1.44. The summed E-state index contributed by atoms with van der Waals surface area (Å²) in [5.74, 6) is 0.0150. The first-order valence-electron chi connectivity index (χ1n) is 16.3. The molecule has 10 nitrogen and oxygen atoms in total. The molecule has 51 heavy (non-hydrogen) atoms. The predicted octanol–water partition coefficient (Wildman–Crippen LogP) is 6.13. The number of hydrogen-bond donors (Lipinski definition) is 0. The summed E-state index contributed by atoms with van der Waals surface area (Å²) >= 11 is 7.63. The fraction of sp³-hybridized carbons (Fsp3) is 0.231. The number of thiazole rings is 1. The van der Waals surface area contributed by atoms with Gasteiger partial charge in [-0.2, -0.15) is 0 Å². The van der Waals surface area contributed by atoms with Gasteiger partial charge in [-0.1, -0.05) is 71.5 Å². The van der Waals surface area contributed by atoms with Crippen LogP contribution in [-0.4, -0.2) is 43.4 Å². The molecule has 0 unspecified atom stereocenters. The Morgan fingerprint density at radius 3 is 2.49 bits per heavy atom. The summed E-state index contributed by atoms with van der Waals surface area (Å²) in [5, 5.41) is 2.68. The zero-order valence-electron chi connectivity index (χ0n) is 28.4. The van der Waals surface area contributed by atoms with Crippen molar-refractivity contribution < 1.29 is 33.3 Å². The molecule has 0 amide bonds. The molecule has 5 aromatic rings. The summed E-state index contributed by atoms with van der Waals surface area (Å²) in [7, 11) is 1.27. The van der Waals surface area contributed by atoms with Crippen molar-refractivity contribution in [3.05, 3.63) is 132 Å². The first kappa shape index (κ1) is 35.4. The SMILES string of the molecule is CCOC(=O)C1=C(C)N=c2s/c(=C/c3cc(Cl)ccc3OCc3cccc4ccccc34)c(=O)n2[C@@H]1c1ccc(OCC(=O)OC)c(OCC)c1. The van der Waals surface area contributed by atoms with Crippen molar-refractivity contribution in [1.82, 2.24) is 4.57 Å². The Bertz CT molecular complexity index is 2340. The monoisotopic (exact) mass is 726 g/mol. The first-order chi connectivity index (χ1) is 24.7. The molecule has 0 radical (unpaired) electrons. The molecule has 0 fully saturated rings. The van der Waals surface area contributed by atoms with E-state index in [1.54, 1.807) is 56.3 Å². The average molecular weight is 727 g/mol. The number of aromatic nitrogens is 1. The third-order valence-electron chi connectivity index (χ3n) is 8.20. The highest BCUT2D eigenvalue weighted by Crippen LogP contribution is 2.36. The lowest BCUT2D eigenvalue weighted by Crippen LogP contribution is -2.40. The van der Waals surface area contributed by atoms with E-state index in [4.69, 9.17) is 35.3 Å². The lowest BCUT2D eigenvalue weighted by atomic mass is 9.95. The van der Waals surface area contributed by atoms with Crippen LogP contribution in [0, 0.1) is 0 Å². The molecule has 4 aromatic carbocycles. The molecule has 0 spiro atoms. The van der Waals surface area contributed by atoms with Gasteiger partial charge >= 0.3 is 11.9 Å². The Labute approximate surface area is 302 Å². The van der Waals surface area contributed by atoms with E-state index in [0.29, 0.717) is 61.6 Å². The fourth-order valence-corrected chi connectivity index (χ4v) is 7.08. The van der Waals surface area contributed by atoms with Crippen LogP contribution in [0.4, 0.5) is 0 Å². The number of fused-ring (bicyclic) bond motifs is 2. The van der Waals surface area contributed by atoms with Crippen molar-refractivity contribution >= 4 is 51.7 Å². The zero-order chi connectivity index (χ0) is 36.1. The number of rotatable bonds is 12. The van der Waals surface area contributed by atoms with Gasteiger partial charge in [0.2, 0.25) is 0 Å². The summed E-state index contributed by atoms with van der Waals surface area (Å²) in [5.41, 5.74) is 2.43. The van der Waals surface area contributed by atoms with Gasteiger partial charge in [-0.15, -0.1) is 0 Å². The van der Waals surface area contributed by atoms with Crippen molar-refractivity contribution in [3.8, 4) is 17.2 Å². The van der Waals surface area contributed by atoms with Crippen molar-refractivity contribution in [2.24, 2.45) is 4.99 Å². The molecule has 2 heterocycles. The van der Waals surface area contributed by atoms with Crippen LogP contribution in [0.15, 0.2) is 99.9 Å². The molecule has 0 bridgehead atoms. The molecule has 0 N–H and O–H groups in total. The number of esters is 2. The van der Waals surface area contributed by atoms with Gasteiger partial charge in [0.15, 0.2) is 22.9 Å². The minimum absolute atomic E-state index is 0.133. The van der Waals surface area contributed by atoms with Crippen LogP contribution >= 0.6 is 22.9 Å². The van der Waals surface area contributed by atoms with Gasteiger partial charge in [0.1, 0.15) is 12.4 Å². The average Bonchev–Trinajstić information content (AvgIpc) is 3.43. The smallest absolute Gasteiger partial charge is 0.343 e. The predicted molar refractivity (Wildman–Crippen MR) is 195 cm³/mol. The van der Waals surface area contributed by atoms with Crippen LogP contribution < -0.4 is 29.1 Å². The van der Waals surface area contributed by atoms with Gasteiger partial charge in [0.05, 0.1) is 42.2 Å². The highest BCUT2D eigenvalue weighted by molar-refractivity contribution is 7.07. The molecule has 1 aromatic heterocycles. The summed E-state index contributed by atoms with van der Waals surface area (Å²) in [6.45, 7) is 5.64. The van der Waals surface area contributed by atoms with Crippen molar-refractivity contribution in [2.45, 2.75) is 33.4 Å². The quantitative estimate of drug-likeness (QED) is 0.141. The van der Waals surface area contributed by atoms with Crippen LogP contribution in [0.25, 0.3) is 16.8 Å². The maximum Gasteiger partial charge on any atom is 0.343 e. The molecule has 1 aliphatic heterocycles. The zero-order valence-corrected chi connectivity index (χ0v) is 30.0. The second-order valence-electron chi connectivity index (χ2n) is 11.4. The van der Waals surface area contributed by atoms with E-state index < -0.39 is 18.0 Å².